The fourth-order valence-electron chi connectivity index (χ4n) is 0.258. The van der Waals surface area contributed by atoms with Crippen molar-refractivity contribution in [3.8, 4) is 0 Å². The van der Waals surface area contributed by atoms with E-state index in [0.717, 1.165) is 0 Å². The molecule has 0 bridgehead atoms. The quantitative estimate of drug-likeness (QED) is 0.423. The van der Waals surface area contributed by atoms with Gasteiger partial charge in [0, 0.05) is 7.05 Å². The van der Waals surface area contributed by atoms with Gasteiger partial charge in [-0.2, -0.15) is 0 Å². The van der Waals surface area contributed by atoms with E-state index in [0.29, 0.717) is 5.92 Å². The van der Waals surface area contributed by atoms with E-state index in [-0.39, 0.29) is 0 Å². The van der Waals surface area contributed by atoms with Gasteiger partial charge in [0.1, 0.15) is 0 Å². The predicted octanol–water partition coefficient (Wildman–Crippen LogP) is 1.22. The van der Waals surface area contributed by atoms with Crippen molar-refractivity contribution in [3.05, 3.63) is 0 Å². The molecule has 0 amide bonds. The van der Waals surface area contributed by atoms with Crippen molar-refractivity contribution in [2.45, 2.75) is 13.8 Å². The summed E-state index contributed by atoms with van der Waals surface area (Å²) in [5.74, 6) is 0.481. The molecule has 0 heterocycles. The van der Waals surface area contributed by atoms with Crippen LogP contribution in [0.1, 0.15) is 13.8 Å². The second kappa shape index (κ2) is 2.88. The van der Waals surface area contributed by atoms with Gasteiger partial charge in [-0.15, -0.1) is 0 Å². The van der Waals surface area contributed by atoms with Crippen molar-refractivity contribution >= 4 is 6.21 Å². The molecule has 1 radical (unpaired) electrons. The zero-order valence-corrected chi connectivity index (χ0v) is 4.52. The van der Waals surface area contributed by atoms with E-state index in [1.54, 1.807) is 7.05 Å². The lowest BCUT2D eigenvalue weighted by atomic mass is 10.3. The fourth-order valence-corrected chi connectivity index (χ4v) is 0.258. The summed E-state index contributed by atoms with van der Waals surface area (Å²) in [6.45, 7) is 4.10. The molecule has 0 saturated heterocycles. The molecule has 0 aliphatic carbocycles. The molecule has 1 heteroatoms. The van der Waals surface area contributed by atoms with Crippen molar-refractivity contribution in [2.24, 2.45) is 10.9 Å². The third-order valence-electron chi connectivity index (χ3n) is 0.387. The van der Waals surface area contributed by atoms with Crippen LogP contribution in [0.2, 0.25) is 0 Å². The third kappa shape index (κ3) is 3.67. The predicted molar refractivity (Wildman–Crippen MR) is 28.2 cm³/mol. The number of hydrogen-bond acceptors (Lipinski definition) is 1. The summed E-state index contributed by atoms with van der Waals surface area (Å²) < 4.78 is 0. The Labute approximate surface area is 39.1 Å². The largest absolute Gasteiger partial charge is 0.291 e. The summed E-state index contributed by atoms with van der Waals surface area (Å²) in [5.41, 5.74) is 0. The lowest BCUT2D eigenvalue weighted by Crippen LogP contribution is -1.84. The fraction of sp³-hybridized carbons (Fsp3) is 0.800. The van der Waals surface area contributed by atoms with Gasteiger partial charge in [0.2, 0.25) is 0 Å². The van der Waals surface area contributed by atoms with E-state index in [2.05, 4.69) is 11.2 Å². The SMILES string of the molecule is C/N=[C]\C(C)C. The Hall–Kier alpha value is -0.330. The standard InChI is InChI=1S/C5H10N/c1-5(2)4-6-3/h5H,1-3H3. The molecule has 0 fully saturated rings. The van der Waals surface area contributed by atoms with Crippen LogP contribution < -0.4 is 0 Å². The lowest BCUT2D eigenvalue weighted by molar-refractivity contribution is 0.905. The van der Waals surface area contributed by atoms with Gasteiger partial charge in [0.05, 0.1) is 6.21 Å². The van der Waals surface area contributed by atoms with Crippen LogP contribution in [0.5, 0.6) is 0 Å². The lowest BCUT2D eigenvalue weighted by Gasteiger charge is -1.84. The van der Waals surface area contributed by atoms with E-state index in [9.17, 15) is 0 Å². The molecule has 0 saturated carbocycles. The van der Waals surface area contributed by atoms with Crippen molar-refractivity contribution in [1.82, 2.24) is 0 Å². The maximum absolute atomic E-state index is 3.69. The van der Waals surface area contributed by atoms with Crippen LogP contribution >= 0.6 is 0 Å². The highest BCUT2D eigenvalue weighted by atomic mass is 14.6. The summed E-state index contributed by atoms with van der Waals surface area (Å²) in [6, 6.07) is 0. The number of nitrogens with zero attached hydrogens (tertiary/aromatic N) is 1. The monoisotopic (exact) mass is 84.1 g/mol. The Balaban J connectivity index is 3.03. The average molecular weight is 84.1 g/mol. The first kappa shape index (κ1) is 5.67. The van der Waals surface area contributed by atoms with E-state index in [1.165, 1.54) is 0 Å². The summed E-state index contributed by atoms with van der Waals surface area (Å²) in [7, 11) is 1.74. The Morgan fingerprint density at radius 2 is 2.00 bits per heavy atom. The summed E-state index contributed by atoms with van der Waals surface area (Å²) >= 11 is 0. The summed E-state index contributed by atoms with van der Waals surface area (Å²) in [4.78, 5) is 3.69. The van der Waals surface area contributed by atoms with Crippen LogP contribution in [0, 0.1) is 5.92 Å². The number of aliphatic imine (C=N–C) groups is 1. The molecule has 1 nitrogen and oxygen atoms in total. The normalized spacial score (nSPS) is 11.3. The minimum atomic E-state index is 0.481. The van der Waals surface area contributed by atoms with Gasteiger partial charge in [-0.1, -0.05) is 13.8 Å². The molecule has 6 heavy (non-hydrogen) atoms. The Morgan fingerprint density at radius 1 is 1.50 bits per heavy atom. The molecule has 35 valence electrons. The van der Waals surface area contributed by atoms with Gasteiger partial charge in [-0.25, -0.2) is 0 Å². The Kier molecular flexibility index (Phi) is 2.73. The van der Waals surface area contributed by atoms with Gasteiger partial charge in [-0.3, -0.25) is 4.99 Å². The van der Waals surface area contributed by atoms with Crippen molar-refractivity contribution in [2.75, 3.05) is 7.05 Å². The maximum Gasteiger partial charge on any atom is 0.0582 e. The highest BCUT2D eigenvalue weighted by Gasteiger charge is 1.79. The minimum Gasteiger partial charge on any atom is -0.291 e. The molecule has 0 atom stereocenters. The molecular formula is C5H10N. The second-order valence-electron chi connectivity index (χ2n) is 1.51. The maximum atomic E-state index is 3.69. The molecule has 0 aliphatic rings. The second-order valence-corrected chi connectivity index (χ2v) is 1.51. The van der Waals surface area contributed by atoms with Crippen LogP contribution in [0.15, 0.2) is 4.99 Å². The van der Waals surface area contributed by atoms with E-state index >= 15 is 0 Å². The molecule has 0 aromatic rings. The first-order valence-electron chi connectivity index (χ1n) is 2.11. The van der Waals surface area contributed by atoms with Crippen LogP contribution in [-0.2, 0) is 0 Å². The molecule has 0 aromatic heterocycles. The average Bonchev–Trinajstić information content (AvgIpc) is 1.35. The number of hydrogen-bond donors (Lipinski definition) is 0. The molecule has 0 unspecified atom stereocenters. The van der Waals surface area contributed by atoms with Crippen molar-refractivity contribution in [3.63, 3.8) is 0 Å². The Morgan fingerprint density at radius 3 is 2.00 bits per heavy atom. The topological polar surface area (TPSA) is 12.4 Å². The molecule has 0 aromatic carbocycles. The first-order chi connectivity index (χ1) is 2.77. The smallest absolute Gasteiger partial charge is 0.0582 e. The highest BCUT2D eigenvalue weighted by Crippen LogP contribution is 1.81. The van der Waals surface area contributed by atoms with Crippen LogP contribution in [-0.4, -0.2) is 13.3 Å². The van der Waals surface area contributed by atoms with Crippen molar-refractivity contribution < 1.29 is 0 Å². The van der Waals surface area contributed by atoms with E-state index in [4.69, 9.17) is 0 Å². The van der Waals surface area contributed by atoms with E-state index in [1.807, 2.05) is 13.8 Å². The van der Waals surface area contributed by atoms with E-state index < -0.39 is 0 Å². The molecule has 0 N–H and O–H groups in total. The zero-order chi connectivity index (χ0) is 4.99. The van der Waals surface area contributed by atoms with Crippen molar-refractivity contribution in [1.29, 1.82) is 0 Å². The van der Waals surface area contributed by atoms with Crippen LogP contribution in [0.4, 0.5) is 0 Å². The molecule has 0 rings (SSSR count). The van der Waals surface area contributed by atoms with Gasteiger partial charge >= 0.3 is 0 Å². The Bertz CT molecular complexity index is 45.9. The van der Waals surface area contributed by atoms with Gasteiger partial charge in [0.15, 0.2) is 0 Å². The van der Waals surface area contributed by atoms with Gasteiger partial charge < -0.3 is 0 Å². The van der Waals surface area contributed by atoms with Crippen LogP contribution in [0.25, 0.3) is 0 Å². The molecular weight excluding hydrogens is 74.1 g/mol. The molecule has 0 spiro atoms. The highest BCUT2D eigenvalue weighted by molar-refractivity contribution is 5.59. The van der Waals surface area contributed by atoms with Gasteiger partial charge in [-0.05, 0) is 5.92 Å². The summed E-state index contributed by atoms with van der Waals surface area (Å²) in [6.07, 6.45) is 2.83. The van der Waals surface area contributed by atoms with Gasteiger partial charge in [0.25, 0.3) is 0 Å². The zero-order valence-electron chi connectivity index (χ0n) is 4.52. The first-order valence-corrected chi connectivity index (χ1v) is 2.11. The minimum absolute atomic E-state index is 0.481. The molecule has 0 aliphatic heterocycles. The summed E-state index contributed by atoms with van der Waals surface area (Å²) in [5, 5.41) is 0. The third-order valence-corrected chi connectivity index (χ3v) is 0.387. The van der Waals surface area contributed by atoms with Crippen LogP contribution in [0.3, 0.4) is 0 Å². The number of rotatable bonds is 1.